The van der Waals surface area contributed by atoms with Crippen LogP contribution in [0.4, 0.5) is 13.2 Å². The van der Waals surface area contributed by atoms with Gasteiger partial charge in [0, 0.05) is 30.2 Å². The summed E-state index contributed by atoms with van der Waals surface area (Å²) in [7, 11) is 0. The fourth-order valence-corrected chi connectivity index (χ4v) is 3.27. The van der Waals surface area contributed by atoms with Gasteiger partial charge in [0.25, 0.3) is 0 Å². The summed E-state index contributed by atoms with van der Waals surface area (Å²) >= 11 is 6.17. The molecule has 2 heterocycles. The predicted octanol–water partition coefficient (Wildman–Crippen LogP) is 5.01. The zero-order valence-corrected chi connectivity index (χ0v) is 14.8. The van der Waals surface area contributed by atoms with Crippen molar-refractivity contribution in [2.45, 2.75) is 18.6 Å². The molecule has 1 fully saturated rings. The van der Waals surface area contributed by atoms with Crippen molar-refractivity contribution in [2.75, 3.05) is 13.1 Å². The summed E-state index contributed by atoms with van der Waals surface area (Å²) < 4.78 is 43.8. The summed E-state index contributed by atoms with van der Waals surface area (Å²) in [6, 6.07) is 12.6. The van der Waals surface area contributed by atoms with E-state index in [1.54, 1.807) is 0 Å². The van der Waals surface area contributed by atoms with Crippen LogP contribution >= 0.6 is 11.6 Å². The summed E-state index contributed by atoms with van der Waals surface area (Å²) in [5.41, 5.74) is 0.598. The van der Waals surface area contributed by atoms with Crippen LogP contribution in [0.2, 0.25) is 5.02 Å². The third-order valence-electron chi connectivity index (χ3n) is 4.55. The number of benzene rings is 2. The fraction of sp³-hybridized carbons (Fsp3) is 0.263. The van der Waals surface area contributed by atoms with Gasteiger partial charge in [-0.3, -0.25) is 4.90 Å². The largest absolute Gasteiger partial charge is 0.416 e. The third kappa shape index (κ3) is 3.84. The van der Waals surface area contributed by atoms with E-state index in [-0.39, 0.29) is 17.3 Å². The van der Waals surface area contributed by atoms with Gasteiger partial charge in [-0.2, -0.15) is 18.2 Å². The number of nitrogens with zero attached hydrogens (tertiary/aromatic N) is 3. The number of likely N-dealkylation sites (tertiary alicyclic amines) is 1. The second-order valence-corrected chi connectivity index (χ2v) is 6.92. The van der Waals surface area contributed by atoms with Crippen LogP contribution in [-0.4, -0.2) is 28.1 Å². The molecule has 0 bridgehead atoms. The molecule has 1 aromatic heterocycles. The molecule has 8 heteroatoms. The minimum atomic E-state index is -4.41. The summed E-state index contributed by atoms with van der Waals surface area (Å²) in [6.45, 7) is 2.19. The lowest BCUT2D eigenvalue weighted by molar-refractivity contribution is -0.137. The van der Waals surface area contributed by atoms with Gasteiger partial charge >= 0.3 is 6.18 Å². The van der Waals surface area contributed by atoms with E-state index in [4.69, 9.17) is 16.1 Å². The van der Waals surface area contributed by atoms with Gasteiger partial charge in [0.2, 0.25) is 11.7 Å². The van der Waals surface area contributed by atoms with Gasteiger partial charge in [-0.1, -0.05) is 47.1 Å². The molecule has 0 amide bonds. The first kappa shape index (κ1) is 18.0. The average Bonchev–Trinajstić information content (AvgIpc) is 3.08. The molecule has 0 spiro atoms. The van der Waals surface area contributed by atoms with Gasteiger partial charge in [0.15, 0.2) is 0 Å². The lowest BCUT2D eigenvalue weighted by Crippen LogP contribution is -2.44. The van der Waals surface area contributed by atoms with Gasteiger partial charge < -0.3 is 4.52 Å². The third-order valence-corrected chi connectivity index (χ3v) is 4.92. The van der Waals surface area contributed by atoms with E-state index in [9.17, 15) is 13.2 Å². The molecule has 140 valence electrons. The average molecular weight is 394 g/mol. The zero-order valence-electron chi connectivity index (χ0n) is 14.1. The van der Waals surface area contributed by atoms with Crippen molar-refractivity contribution in [3.8, 4) is 11.4 Å². The van der Waals surface area contributed by atoms with Gasteiger partial charge in [-0.25, -0.2) is 0 Å². The standard InChI is InChI=1S/C19H15ClF3N3O/c20-16-7-2-1-4-13(16)9-26-10-14(11-26)18-24-17(25-27-18)12-5-3-6-15(8-12)19(21,22)23/h1-8,14H,9-11H2. The quantitative estimate of drug-likeness (QED) is 0.625. The minimum absolute atomic E-state index is 0.0690. The molecule has 0 N–H and O–H groups in total. The maximum Gasteiger partial charge on any atom is 0.416 e. The molecule has 3 aromatic rings. The zero-order chi connectivity index (χ0) is 19.0. The van der Waals surface area contributed by atoms with Gasteiger partial charge in [0.05, 0.1) is 11.5 Å². The van der Waals surface area contributed by atoms with Crippen molar-refractivity contribution >= 4 is 11.6 Å². The molecule has 0 saturated carbocycles. The lowest BCUT2D eigenvalue weighted by Gasteiger charge is -2.37. The molecule has 0 radical (unpaired) electrons. The fourth-order valence-electron chi connectivity index (χ4n) is 3.08. The van der Waals surface area contributed by atoms with Crippen molar-refractivity contribution in [1.82, 2.24) is 15.0 Å². The molecule has 1 saturated heterocycles. The number of rotatable bonds is 4. The Bertz CT molecular complexity index is 951. The monoisotopic (exact) mass is 393 g/mol. The van der Waals surface area contributed by atoms with E-state index >= 15 is 0 Å². The Labute approximate surface area is 158 Å². The van der Waals surface area contributed by atoms with Crippen LogP contribution in [0, 0.1) is 0 Å². The van der Waals surface area contributed by atoms with Crippen LogP contribution in [0.25, 0.3) is 11.4 Å². The number of halogens is 4. The summed E-state index contributed by atoms with van der Waals surface area (Å²) in [6.07, 6.45) is -4.41. The minimum Gasteiger partial charge on any atom is -0.339 e. The number of hydrogen-bond donors (Lipinski definition) is 0. The molecule has 1 aliphatic rings. The van der Waals surface area contributed by atoms with Crippen molar-refractivity contribution in [2.24, 2.45) is 0 Å². The van der Waals surface area contributed by atoms with E-state index in [1.807, 2.05) is 24.3 Å². The highest BCUT2D eigenvalue weighted by atomic mass is 35.5. The first-order valence-electron chi connectivity index (χ1n) is 8.37. The smallest absolute Gasteiger partial charge is 0.339 e. The van der Waals surface area contributed by atoms with Crippen LogP contribution in [0.3, 0.4) is 0 Å². The molecule has 27 heavy (non-hydrogen) atoms. The Morgan fingerprint density at radius 1 is 1.11 bits per heavy atom. The second kappa shape index (κ2) is 6.98. The summed E-state index contributed by atoms with van der Waals surface area (Å²) in [5, 5.41) is 4.57. The molecule has 4 nitrogen and oxygen atoms in total. The van der Waals surface area contributed by atoms with Crippen LogP contribution in [0.5, 0.6) is 0 Å². The van der Waals surface area contributed by atoms with Crippen LogP contribution in [-0.2, 0) is 12.7 Å². The molecule has 0 atom stereocenters. The highest BCUT2D eigenvalue weighted by Gasteiger charge is 2.33. The van der Waals surface area contributed by atoms with Gasteiger partial charge in [-0.05, 0) is 23.8 Å². The van der Waals surface area contributed by atoms with E-state index in [0.717, 1.165) is 42.4 Å². The normalized spacial score (nSPS) is 15.7. The molecular weight excluding hydrogens is 379 g/mol. The SMILES string of the molecule is FC(F)(F)c1cccc(-c2noc(C3CN(Cc4ccccc4Cl)C3)n2)c1. The maximum absolute atomic E-state index is 12.9. The molecule has 4 rings (SSSR count). The van der Waals surface area contributed by atoms with Gasteiger partial charge in [-0.15, -0.1) is 0 Å². The number of hydrogen-bond acceptors (Lipinski definition) is 4. The predicted molar refractivity (Wildman–Crippen MR) is 94.2 cm³/mol. The molecule has 2 aromatic carbocycles. The Hall–Kier alpha value is -2.38. The Morgan fingerprint density at radius 3 is 2.63 bits per heavy atom. The van der Waals surface area contributed by atoms with Crippen LogP contribution < -0.4 is 0 Å². The second-order valence-electron chi connectivity index (χ2n) is 6.52. The molecule has 0 aliphatic carbocycles. The highest BCUT2D eigenvalue weighted by molar-refractivity contribution is 6.31. The molecule has 1 aliphatic heterocycles. The topological polar surface area (TPSA) is 42.2 Å². The van der Waals surface area contributed by atoms with Crippen LogP contribution in [0.15, 0.2) is 53.1 Å². The van der Waals surface area contributed by atoms with Crippen molar-refractivity contribution in [1.29, 1.82) is 0 Å². The summed E-state index contributed by atoms with van der Waals surface area (Å²) in [5.74, 6) is 0.679. The first-order valence-corrected chi connectivity index (χ1v) is 8.75. The van der Waals surface area contributed by atoms with Crippen LogP contribution in [0.1, 0.15) is 22.9 Å². The Kier molecular flexibility index (Phi) is 4.65. The van der Waals surface area contributed by atoms with E-state index in [2.05, 4.69) is 15.0 Å². The number of alkyl halides is 3. The summed E-state index contributed by atoms with van der Waals surface area (Å²) in [4.78, 5) is 6.48. The lowest BCUT2D eigenvalue weighted by atomic mass is 9.99. The maximum atomic E-state index is 12.9. The van der Waals surface area contributed by atoms with Gasteiger partial charge in [0.1, 0.15) is 0 Å². The van der Waals surface area contributed by atoms with E-state index < -0.39 is 11.7 Å². The Balaban J connectivity index is 1.42. The Morgan fingerprint density at radius 2 is 1.89 bits per heavy atom. The van der Waals surface area contributed by atoms with E-state index in [0.29, 0.717) is 5.89 Å². The van der Waals surface area contributed by atoms with Crippen molar-refractivity contribution < 1.29 is 17.7 Å². The van der Waals surface area contributed by atoms with Crippen molar-refractivity contribution in [3.05, 3.63) is 70.6 Å². The van der Waals surface area contributed by atoms with E-state index in [1.165, 1.54) is 12.1 Å². The number of aromatic nitrogens is 2. The first-order chi connectivity index (χ1) is 12.9. The molecular formula is C19H15ClF3N3O. The van der Waals surface area contributed by atoms with Crippen molar-refractivity contribution in [3.63, 3.8) is 0 Å². The highest BCUT2D eigenvalue weighted by Crippen LogP contribution is 2.33. The molecule has 0 unspecified atom stereocenters.